The van der Waals surface area contributed by atoms with Crippen LogP contribution in [0.5, 0.6) is 0 Å². The van der Waals surface area contributed by atoms with Crippen LogP contribution in [0.1, 0.15) is 44.6 Å². The largest absolute Gasteiger partial charge is 0.416 e. The molecule has 0 aliphatic carbocycles. The smallest absolute Gasteiger partial charge is 0.316 e. The van der Waals surface area contributed by atoms with E-state index in [1.807, 2.05) is 0 Å². The van der Waals surface area contributed by atoms with E-state index in [0.717, 1.165) is 34.0 Å². The van der Waals surface area contributed by atoms with Crippen LogP contribution in [0.2, 0.25) is 0 Å². The first kappa shape index (κ1) is 25.7. The molecule has 0 saturated carbocycles. The molecule has 2 aromatic carbocycles. The van der Waals surface area contributed by atoms with Gasteiger partial charge in [-0.25, -0.2) is 4.39 Å². The zero-order valence-corrected chi connectivity index (χ0v) is 19.9. The van der Waals surface area contributed by atoms with Crippen LogP contribution in [-0.2, 0) is 32.2 Å². The SMILES string of the molecule is Cn1cnnc1C(F)(F)C(F)c1cccc(N2Cc3c(cc(CN4CC(C#N)C4)cc3C(F)(F)F)C2=O)c1. The number of aromatic nitrogens is 3. The van der Waals surface area contributed by atoms with Crippen molar-refractivity contribution in [3.63, 3.8) is 0 Å². The second-order valence-corrected chi connectivity index (χ2v) is 9.42. The second kappa shape index (κ2) is 9.13. The van der Waals surface area contributed by atoms with E-state index in [0.29, 0.717) is 13.1 Å². The van der Waals surface area contributed by atoms with Gasteiger partial charge in [0.05, 0.1) is 24.1 Å². The molecule has 13 heteroatoms. The Bertz CT molecular complexity index is 1440. The number of nitriles is 1. The predicted molar refractivity (Wildman–Crippen MR) is 122 cm³/mol. The lowest BCUT2D eigenvalue weighted by Crippen LogP contribution is -2.45. The minimum absolute atomic E-state index is 0.0191. The molecule has 1 fully saturated rings. The van der Waals surface area contributed by atoms with Crippen molar-refractivity contribution in [3.8, 4) is 6.07 Å². The molecular weight excluding hydrogens is 514 g/mol. The van der Waals surface area contributed by atoms with Gasteiger partial charge < -0.3 is 9.47 Å². The van der Waals surface area contributed by atoms with Crippen molar-refractivity contribution in [3.05, 3.63) is 76.4 Å². The molecule has 38 heavy (non-hydrogen) atoms. The Labute approximate surface area is 212 Å². The third-order valence-corrected chi connectivity index (χ3v) is 6.76. The van der Waals surface area contributed by atoms with Crippen molar-refractivity contribution in [2.24, 2.45) is 13.0 Å². The summed E-state index contributed by atoms with van der Waals surface area (Å²) in [7, 11) is 1.24. The summed E-state index contributed by atoms with van der Waals surface area (Å²) in [5, 5.41) is 15.6. The third-order valence-electron chi connectivity index (χ3n) is 6.76. The topological polar surface area (TPSA) is 78.1 Å². The Balaban J connectivity index is 1.45. The van der Waals surface area contributed by atoms with E-state index in [1.165, 1.54) is 25.2 Å². The third kappa shape index (κ3) is 4.38. The number of hydrogen-bond donors (Lipinski definition) is 0. The summed E-state index contributed by atoms with van der Waals surface area (Å²) in [6.07, 6.45) is -6.59. The Morgan fingerprint density at radius 2 is 1.89 bits per heavy atom. The van der Waals surface area contributed by atoms with Crippen LogP contribution in [0.4, 0.5) is 32.0 Å². The summed E-state index contributed by atoms with van der Waals surface area (Å²) in [4.78, 5) is 16.1. The molecule has 1 atom stereocenters. The number of amides is 1. The number of fused-ring (bicyclic) bond motifs is 1. The number of hydrogen-bond acceptors (Lipinski definition) is 5. The van der Waals surface area contributed by atoms with Crippen LogP contribution in [-0.4, -0.2) is 38.7 Å². The van der Waals surface area contributed by atoms with Crippen molar-refractivity contribution in [1.29, 1.82) is 5.26 Å². The molecule has 0 bridgehead atoms. The summed E-state index contributed by atoms with van der Waals surface area (Å²) in [6, 6.07) is 9.20. The first-order valence-electron chi connectivity index (χ1n) is 11.5. The van der Waals surface area contributed by atoms with Gasteiger partial charge in [0, 0.05) is 37.9 Å². The van der Waals surface area contributed by atoms with Crippen LogP contribution in [0, 0.1) is 17.2 Å². The maximum absolute atomic E-state index is 15.1. The van der Waals surface area contributed by atoms with E-state index >= 15 is 4.39 Å². The number of rotatable bonds is 6. The maximum Gasteiger partial charge on any atom is 0.416 e. The maximum atomic E-state index is 15.1. The summed E-state index contributed by atoms with van der Waals surface area (Å²) in [6.45, 7) is 0.526. The quantitative estimate of drug-likeness (QED) is 0.427. The van der Waals surface area contributed by atoms with Crippen LogP contribution in [0.15, 0.2) is 42.7 Å². The van der Waals surface area contributed by atoms with E-state index in [-0.39, 0.29) is 34.8 Å². The van der Waals surface area contributed by atoms with Crippen molar-refractivity contribution in [2.75, 3.05) is 18.0 Å². The van der Waals surface area contributed by atoms with E-state index in [1.54, 1.807) is 4.90 Å². The Kier molecular flexibility index (Phi) is 6.18. The molecule has 2 aliphatic rings. The fourth-order valence-electron chi connectivity index (χ4n) is 4.82. The van der Waals surface area contributed by atoms with E-state index in [4.69, 9.17) is 5.26 Å². The normalized spacial score (nSPS) is 17.3. The number of carbonyl (C=O) groups excluding carboxylic acids is 1. The van der Waals surface area contributed by atoms with E-state index in [9.17, 15) is 26.7 Å². The zero-order chi connectivity index (χ0) is 27.4. The Morgan fingerprint density at radius 3 is 2.53 bits per heavy atom. The summed E-state index contributed by atoms with van der Waals surface area (Å²) < 4.78 is 87.5. The molecular formula is C25H20F6N6O. The fraction of sp³-hybridized carbons (Fsp3) is 0.360. The molecule has 3 aromatic rings. The van der Waals surface area contributed by atoms with Crippen molar-refractivity contribution >= 4 is 11.6 Å². The van der Waals surface area contributed by atoms with Gasteiger partial charge in [-0.3, -0.25) is 9.69 Å². The number of likely N-dealkylation sites (tertiary alicyclic amines) is 1. The minimum atomic E-state index is -4.75. The van der Waals surface area contributed by atoms with Crippen molar-refractivity contribution in [2.45, 2.75) is 31.4 Å². The van der Waals surface area contributed by atoms with Gasteiger partial charge >= 0.3 is 12.1 Å². The summed E-state index contributed by atoms with van der Waals surface area (Å²) in [5.41, 5.74) is -1.58. The molecule has 5 rings (SSSR count). The van der Waals surface area contributed by atoms with Crippen LogP contribution < -0.4 is 4.90 Å². The van der Waals surface area contributed by atoms with Crippen molar-refractivity contribution in [1.82, 2.24) is 19.7 Å². The van der Waals surface area contributed by atoms with E-state index < -0.39 is 47.7 Å². The molecule has 1 aromatic heterocycles. The molecule has 1 unspecified atom stereocenters. The molecule has 0 radical (unpaired) electrons. The van der Waals surface area contributed by atoms with Crippen molar-refractivity contribution < 1.29 is 31.1 Å². The molecule has 0 N–H and O–H groups in total. The van der Waals surface area contributed by atoms with Gasteiger partial charge in [-0.2, -0.15) is 27.2 Å². The lowest BCUT2D eigenvalue weighted by atomic mass is 9.96. The lowest BCUT2D eigenvalue weighted by Gasteiger charge is -2.35. The standard InChI is InChI=1S/C25H20F6N6O/c1-35-13-33-34-23(35)24(27,28)21(26)16-3-2-4-17(7-16)37-12-19-18(22(37)38)5-14(6-20(19)25(29,30)31)9-36-10-15(8-32)11-36/h2-7,13,15,21H,9-12H2,1H3. The molecule has 1 saturated heterocycles. The van der Waals surface area contributed by atoms with Gasteiger partial charge in [0.25, 0.3) is 5.91 Å². The fourth-order valence-corrected chi connectivity index (χ4v) is 4.82. The van der Waals surface area contributed by atoms with Crippen LogP contribution in [0.3, 0.4) is 0 Å². The average molecular weight is 534 g/mol. The number of alkyl halides is 6. The van der Waals surface area contributed by atoms with Gasteiger partial charge in [0.1, 0.15) is 6.33 Å². The number of aryl methyl sites for hydroxylation is 1. The van der Waals surface area contributed by atoms with Gasteiger partial charge in [-0.05, 0) is 41.0 Å². The molecule has 1 amide bonds. The van der Waals surface area contributed by atoms with Gasteiger partial charge in [-0.1, -0.05) is 12.1 Å². The highest BCUT2D eigenvalue weighted by Crippen LogP contribution is 2.44. The highest BCUT2D eigenvalue weighted by Gasteiger charge is 2.47. The highest BCUT2D eigenvalue weighted by atomic mass is 19.4. The average Bonchev–Trinajstić information content (AvgIpc) is 3.43. The molecule has 7 nitrogen and oxygen atoms in total. The number of benzene rings is 2. The highest BCUT2D eigenvalue weighted by molar-refractivity contribution is 6.10. The van der Waals surface area contributed by atoms with Gasteiger partial charge in [-0.15, -0.1) is 10.2 Å². The lowest BCUT2D eigenvalue weighted by molar-refractivity contribution is -0.138. The monoisotopic (exact) mass is 534 g/mol. The predicted octanol–water partition coefficient (Wildman–Crippen LogP) is 4.75. The Hall–Kier alpha value is -3.92. The summed E-state index contributed by atoms with van der Waals surface area (Å²) in [5.74, 6) is -5.89. The molecule has 3 heterocycles. The van der Waals surface area contributed by atoms with Gasteiger partial charge in [0.15, 0.2) is 6.17 Å². The number of halogens is 6. The first-order valence-corrected chi connectivity index (χ1v) is 11.5. The first-order chi connectivity index (χ1) is 17.9. The molecule has 198 valence electrons. The summed E-state index contributed by atoms with van der Waals surface area (Å²) >= 11 is 0. The number of carbonyl (C=O) groups is 1. The minimum Gasteiger partial charge on any atom is -0.316 e. The van der Waals surface area contributed by atoms with Gasteiger partial charge in [0.2, 0.25) is 5.82 Å². The number of nitrogens with zero attached hydrogens (tertiary/aromatic N) is 6. The zero-order valence-electron chi connectivity index (χ0n) is 19.9. The van der Waals surface area contributed by atoms with Crippen LogP contribution in [0.25, 0.3) is 0 Å². The number of anilines is 1. The Morgan fingerprint density at radius 1 is 1.16 bits per heavy atom. The van der Waals surface area contributed by atoms with Crippen LogP contribution >= 0.6 is 0 Å². The molecule has 2 aliphatic heterocycles. The molecule has 0 spiro atoms. The van der Waals surface area contributed by atoms with E-state index in [2.05, 4.69) is 16.3 Å². The second-order valence-electron chi connectivity index (χ2n) is 9.42.